The Hall–Kier alpha value is -0.220. The first-order chi connectivity index (χ1) is 5.61. The smallest absolute Gasteiger partial charge is 0.320 e. The molecule has 2 atom stereocenters. The predicted octanol–water partition coefficient (Wildman–Crippen LogP) is 1.15. The highest BCUT2D eigenvalue weighted by Gasteiger charge is 2.27. The molecule has 2 unspecified atom stereocenters. The van der Waals surface area contributed by atoms with Crippen molar-refractivity contribution in [2.75, 3.05) is 5.75 Å². The lowest BCUT2D eigenvalue weighted by atomic mass is 10.1. The second-order valence-corrected chi connectivity index (χ2v) is 4.63. The van der Waals surface area contributed by atoms with Crippen LogP contribution in [0.4, 0.5) is 0 Å². The quantitative estimate of drug-likeness (QED) is 0.684. The summed E-state index contributed by atoms with van der Waals surface area (Å²) < 4.78 is 0. The van der Waals surface area contributed by atoms with Gasteiger partial charge in [0.1, 0.15) is 6.04 Å². The molecule has 0 bridgehead atoms. The number of carbonyl (C=O) groups is 1. The van der Waals surface area contributed by atoms with Crippen LogP contribution < -0.4 is 5.32 Å². The molecule has 0 aromatic rings. The molecule has 0 saturated carbocycles. The Kier molecular flexibility index (Phi) is 3.40. The maximum Gasteiger partial charge on any atom is 0.320 e. The van der Waals surface area contributed by atoms with E-state index >= 15 is 0 Å². The number of hydrogen-bond donors (Lipinski definition) is 2. The van der Waals surface area contributed by atoms with Crippen molar-refractivity contribution in [2.45, 2.75) is 31.7 Å². The van der Waals surface area contributed by atoms with Crippen LogP contribution in [0.15, 0.2) is 0 Å². The van der Waals surface area contributed by atoms with Gasteiger partial charge in [-0.3, -0.25) is 10.1 Å². The average molecular weight is 189 g/mol. The lowest BCUT2D eigenvalue weighted by Gasteiger charge is -2.30. The van der Waals surface area contributed by atoms with Crippen LogP contribution in [-0.2, 0) is 4.79 Å². The van der Waals surface area contributed by atoms with Crippen molar-refractivity contribution in [3.8, 4) is 0 Å². The highest BCUT2D eigenvalue weighted by atomic mass is 32.2. The molecule has 3 nitrogen and oxygen atoms in total. The second-order valence-electron chi connectivity index (χ2n) is 3.38. The molecular formula is C8H15NO2S. The van der Waals surface area contributed by atoms with Crippen LogP contribution >= 0.6 is 11.8 Å². The number of carboxylic acid groups (broad SMARTS) is 1. The van der Waals surface area contributed by atoms with Gasteiger partial charge in [-0.2, -0.15) is 0 Å². The van der Waals surface area contributed by atoms with E-state index in [2.05, 4.69) is 19.2 Å². The Bertz CT molecular complexity index is 172. The Labute approximate surface area is 76.9 Å². The van der Waals surface area contributed by atoms with E-state index in [1.165, 1.54) is 0 Å². The number of aliphatic carboxylic acids is 1. The van der Waals surface area contributed by atoms with Crippen molar-refractivity contribution in [1.29, 1.82) is 0 Å². The number of rotatable bonds is 2. The Morgan fingerprint density at radius 3 is 2.83 bits per heavy atom. The van der Waals surface area contributed by atoms with E-state index in [-0.39, 0.29) is 6.04 Å². The normalized spacial score (nSPS) is 30.6. The van der Waals surface area contributed by atoms with E-state index in [1.54, 1.807) is 0 Å². The summed E-state index contributed by atoms with van der Waals surface area (Å²) >= 11 is 1.82. The molecule has 12 heavy (non-hydrogen) atoms. The molecule has 1 heterocycles. The molecule has 0 aromatic carbocycles. The molecule has 0 aromatic heterocycles. The molecule has 1 aliphatic rings. The zero-order valence-electron chi connectivity index (χ0n) is 7.41. The zero-order chi connectivity index (χ0) is 9.14. The lowest BCUT2D eigenvalue weighted by Crippen LogP contribution is -2.47. The minimum atomic E-state index is -0.721. The average Bonchev–Trinajstić information content (AvgIpc) is 2.04. The molecule has 0 radical (unpaired) electrons. The maximum absolute atomic E-state index is 10.7. The van der Waals surface area contributed by atoms with E-state index in [0.717, 1.165) is 12.2 Å². The van der Waals surface area contributed by atoms with E-state index in [9.17, 15) is 4.79 Å². The summed E-state index contributed by atoms with van der Waals surface area (Å²) in [5, 5.41) is 12.2. The van der Waals surface area contributed by atoms with E-state index in [0.29, 0.717) is 11.3 Å². The van der Waals surface area contributed by atoms with E-state index < -0.39 is 5.97 Å². The topological polar surface area (TPSA) is 49.3 Å². The van der Waals surface area contributed by atoms with Crippen LogP contribution in [0.25, 0.3) is 0 Å². The van der Waals surface area contributed by atoms with Gasteiger partial charge in [0, 0.05) is 0 Å². The van der Waals surface area contributed by atoms with Crippen molar-refractivity contribution in [3.05, 3.63) is 0 Å². The summed E-state index contributed by atoms with van der Waals surface area (Å²) in [5.41, 5.74) is 0. The van der Waals surface area contributed by atoms with Crippen LogP contribution in [0.1, 0.15) is 20.3 Å². The summed E-state index contributed by atoms with van der Waals surface area (Å²) in [6.07, 6.45) is 0.739. The summed E-state index contributed by atoms with van der Waals surface area (Å²) in [4.78, 5) is 10.7. The van der Waals surface area contributed by atoms with Crippen molar-refractivity contribution >= 4 is 17.7 Å². The molecule has 1 saturated heterocycles. The lowest BCUT2D eigenvalue weighted by molar-refractivity contribution is -0.139. The highest BCUT2D eigenvalue weighted by Crippen LogP contribution is 2.23. The third-order valence-corrected chi connectivity index (χ3v) is 3.48. The Morgan fingerprint density at radius 1 is 1.67 bits per heavy atom. The number of thioether (sulfide) groups is 1. The summed E-state index contributed by atoms with van der Waals surface area (Å²) in [7, 11) is 0. The molecule has 70 valence electrons. The summed E-state index contributed by atoms with van der Waals surface area (Å²) in [5.74, 6) is 0.727. The van der Waals surface area contributed by atoms with Gasteiger partial charge in [0.2, 0.25) is 0 Å². The SMILES string of the molecule is CC(C)C1NC(C(=O)O)CCS1. The van der Waals surface area contributed by atoms with Gasteiger partial charge < -0.3 is 5.11 Å². The molecular weight excluding hydrogens is 174 g/mol. The van der Waals surface area contributed by atoms with Gasteiger partial charge in [-0.05, 0) is 18.1 Å². The third-order valence-electron chi connectivity index (χ3n) is 1.97. The molecule has 1 rings (SSSR count). The van der Waals surface area contributed by atoms with Gasteiger partial charge in [0.15, 0.2) is 0 Å². The summed E-state index contributed by atoms with van der Waals surface area (Å²) in [6, 6.07) is -0.335. The molecule has 0 aliphatic carbocycles. The Balaban J connectivity index is 2.46. The van der Waals surface area contributed by atoms with Crippen molar-refractivity contribution < 1.29 is 9.90 Å². The van der Waals surface area contributed by atoms with Crippen molar-refractivity contribution in [3.63, 3.8) is 0 Å². The molecule has 4 heteroatoms. The van der Waals surface area contributed by atoms with Gasteiger partial charge in [-0.15, -0.1) is 11.8 Å². The minimum absolute atomic E-state index is 0.305. The third kappa shape index (κ3) is 2.38. The zero-order valence-corrected chi connectivity index (χ0v) is 8.23. The summed E-state index contributed by atoms with van der Waals surface area (Å²) in [6.45, 7) is 4.21. The molecule has 0 amide bonds. The Morgan fingerprint density at radius 2 is 2.33 bits per heavy atom. The van der Waals surface area contributed by atoms with Crippen LogP contribution in [0, 0.1) is 5.92 Å². The van der Waals surface area contributed by atoms with E-state index in [1.807, 2.05) is 11.8 Å². The maximum atomic E-state index is 10.7. The standard InChI is InChI=1S/C8H15NO2S/c1-5(2)7-9-6(8(10)11)3-4-12-7/h5-7,9H,3-4H2,1-2H3,(H,10,11). The first-order valence-electron chi connectivity index (χ1n) is 4.21. The van der Waals surface area contributed by atoms with Crippen molar-refractivity contribution in [1.82, 2.24) is 5.32 Å². The van der Waals surface area contributed by atoms with Crippen LogP contribution in [0.2, 0.25) is 0 Å². The molecule has 2 N–H and O–H groups in total. The fourth-order valence-corrected chi connectivity index (χ4v) is 2.49. The fourth-order valence-electron chi connectivity index (χ4n) is 1.22. The van der Waals surface area contributed by atoms with Gasteiger partial charge in [0.05, 0.1) is 5.37 Å². The van der Waals surface area contributed by atoms with E-state index in [4.69, 9.17) is 5.11 Å². The van der Waals surface area contributed by atoms with Gasteiger partial charge in [-0.25, -0.2) is 0 Å². The van der Waals surface area contributed by atoms with Crippen LogP contribution in [0.5, 0.6) is 0 Å². The predicted molar refractivity (Wildman–Crippen MR) is 50.3 cm³/mol. The second kappa shape index (κ2) is 4.14. The monoisotopic (exact) mass is 189 g/mol. The van der Waals surface area contributed by atoms with Gasteiger partial charge in [-0.1, -0.05) is 13.8 Å². The van der Waals surface area contributed by atoms with Crippen molar-refractivity contribution in [2.24, 2.45) is 5.92 Å². The van der Waals surface area contributed by atoms with Crippen LogP contribution in [0.3, 0.4) is 0 Å². The van der Waals surface area contributed by atoms with Gasteiger partial charge >= 0.3 is 5.97 Å². The molecule has 1 fully saturated rings. The van der Waals surface area contributed by atoms with Crippen LogP contribution in [-0.4, -0.2) is 28.2 Å². The first-order valence-corrected chi connectivity index (χ1v) is 5.26. The number of carboxylic acids is 1. The number of nitrogens with one attached hydrogen (secondary N) is 1. The fraction of sp³-hybridized carbons (Fsp3) is 0.875. The van der Waals surface area contributed by atoms with Gasteiger partial charge in [0.25, 0.3) is 0 Å². The molecule has 1 aliphatic heterocycles. The minimum Gasteiger partial charge on any atom is -0.480 e. The largest absolute Gasteiger partial charge is 0.480 e. The first kappa shape index (κ1) is 9.86. The number of hydrogen-bond acceptors (Lipinski definition) is 3. The molecule has 0 spiro atoms. The highest BCUT2D eigenvalue weighted by molar-refractivity contribution is 7.99.